The summed E-state index contributed by atoms with van der Waals surface area (Å²) in [4.78, 5) is 27.8. The lowest BCUT2D eigenvalue weighted by Gasteiger charge is -2.35. The lowest BCUT2D eigenvalue weighted by atomic mass is 9.67. The van der Waals surface area contributed by atoms with Crippen LogP contribution < -0.4 is 9.47 Å². The highest BCUT2D eigenvalue weighted by molar-refractivity contribution is 6.32. The van der Waals surface area contributed by atoms with Gasteiger partial charge >= 0.3 is 11.9 Å². The van der Waals surface area contributed by atoms with Crippen molar-refractivity contribution in [1.82, 2.24) is 4.98 Å². The highest BCUT2D eigenvalue weighted by Crippen LogP contribution is 2.44. The first-order valence-electron chi connectivity index (χ1n) is 6.93. The van der Waals surface area contributed by atoms with Crippen molar-refractivity contribution < 1.29 is 29.3 Å². The van der Waals surface area contributed by atoms with Crippen molar-refractivity contribution in [2.45, 2.75) is 12.3 Å². The Morgan fingerprint density at radius 2 is 1.92 bits per heavy atom. The highest BCUT2D eigenvalue weighted by atomic mass is 35.5. The molecule has 0 bridgehead atoms. The fourth-order valence-electron chi connectivity index (χ4n) is 2.72. The van der Waals surface area contributed by atoms with Gasteiger partial charge in [-0.3, -0.25) is 4.79 Å². The van der Waals surface area contributed by atoms with Crippen LogP contribution in [0.25, 0.3) is 0 Å². The Hall–Kier alpha value is -2.54. The molecule has 1 heterocycles. The van der Waals surface area contributed by atoms with Crippen LogP contribution in [0.2, 0.25) is 0 Å². The minimum absolute atomic E-state index is 0.0106. The molecule has 2 atom stereocenters. The molecule has 0 aromatic carbocycles. The summed E-state index contributed by atoms with van der Waals surface area (Å²) in [5.41, 5.74) is -1.81. The van der Waals surface area contributed by atoms with Crippen LogP contribution in [0, 0.1) is 5.92 Å². The summed E-state index contributed by atoms with van der Waals surface area (Å²) >= 11 is 6.01. The van der Waals surface area contributed by atoms with Crippen LogP contribution in [0.4, 0.5) is 0 Å². The van der Waals surface area contributed by atoms with Gasteiger partial charge in [0.25, 0.3) is 0 Å². The van der Waals surface area contributed by atoms with Gasteiger partial charge in [0.2, 0.25) is 5.88 Å². The van der Waals surface area contributed by atoms with Gasteiger partial charge in [0.05, 0.1) is 19.9 Å². The number of ether oxygens (including phenoxy) is 2. The van der Waals surface area contributed by atoms with Crippen molar-refractivity contribution in [2.75, 3.05) is 14.2 Å². The number of carbonyl (C=O) groups is 2. The number of pyridine rings is 1. The van der Waals surface area contributed by atoms with Crippen molar-refractivity contribution >= 4 is 23.5 Å². The molecule has 0 aliphatic heterocycles. The van der Waals surface area contributed by atoms with Crippen LogP contribution in [-0.2, 0) is 15.0 Å². The number of aromatic nitrogens is 1. The topological polar surface area (TPSA) is 106 Å². The number of hydrogen-bond acceptors (Lipinski definition) is 5. The van der Waals surface area contributed by atoms with Crippen LogP contribution >= 0.6 is 11.6 Å². The molecule has 0 saturated carbocycles. The van der Waals surface area contributed by atoms with Crippen molar-refractivity contribution in [3.05, 3.63) is 40.6 Å². The summed E-state index contributed by atoms with van der Waals surface area (Å²) < 4.78 is 10.2. The summed E-state index contributed by atoms with van der Waals surface area (Å²) in [7, 11) is 2.80. The smallest absolute Gasteiger partial charge is 0.331 e. The Bertz CT molecular complexity index is 735. The number of halogens is 1. The molecule has 0 saturated heterocycles. The Morgan fingerprint density at radius 1 is 1.25 bits per heavy atom. The van der Waals surface area contributed by atoms with Crippen LogP contribution in [0.5, 0.6) is 11.6 Å². The molecule has 1 aliphatic rings. The number of methoxy groups -OCH3 is 2. The summed E-state index contributed by atoms with van der Waals surface area (Å²) in [5, 5.41) is 19.3. The number of carboxylic acids is 2. The zero-order chi connectivity index (χ0) is 18.1. The minimum atomic E-state index is -1.76. The highest BCUT2D eigenvalue weighted by Gasteiger charge is 2.50. The van der Waals surface area contributed by atoms with E-state index >= 15 is 0 Å². The van der Waals surface area contributed by atoms with Crippen LogP contribution in [0.15, 0.2) is 34.9 Å². The van der Waals surface area contributed by atoms with Gasteiger partial charge < -0.3 is 19.7 Å². The number of hydrogen-bond donors (Lipinski definition) is 2. The van der Waals surface area contributed by atoms with Crippen molar-refractivity contribution in [3.8, 4) is 11.6 Å². The minimum Gasteiger partial charge on any atom is -0.496 e. The molecule has 128 valence electrons. The molecule has 1 aliphatic carbocycles. The number of rotatable bonds is 5. The molecule has 2 N–H and O–H groups in total. The van der Waals surface area contributed by atoms with Gasteiger partial charge in [0, 0.05) is 28.7 Å². The monoisotopic (exact) mass is 353 g/mol. The van der Waals surface area contributed by atoms with E-state index in [1.165, 1.54) is 45.4 Å². The second-order valence-corrected chi connectivity index (χ2v) is 5.70. The average molecular weight is 354 g/mol. The zero-order valence-electron chi connectivity index (χ0n) is 13.2. The summed E-state index contributed by atoms with van der Waals surface area (Å²) in [6.07, 6.45) is 2.53. The maximum absolute atomic E-state index is 12.2. The molecular formula is C16H16ClNO6. The van der Waals surface area contributed by atoms with E-state index in [-0.39, 0.29) is 22.2 Å². The zero-order valence-corrected chi connectivity index (χ0v) is 14.0. The van der Waals surface area contributed by atoms with Crippen LogP contribution in [-0.4, -0.2) is 41.4 Å². The molecule has 0 fully saturated rings. The van der Waals surface area contributed by atoms with Crippen LogP contribution in [0.1, 0.15) is 12.6 Å². The summed E-state index contributed by atoms with van der Waals surface area (Å²) in [5.74, 6) is -2.95. The largest absolute Gasteiger partial charge is 0.496 e. The number of carboxylic acid groups (broad SMARTS) is 2. The van der Waals surface area contributed by atoms with E-state index in [2.05, 4.69) is 4.98 Å². The fraction of sp³-hybridized carbons (Fsp3) is 0.312. The molecular weight excluding hydrogens is 338 g/mol. The molecule has 0 amide bonds. The van der Waals surface area contributed by atoms with E-state index in [1.54, 1.807) is 0 Å². The molecule has 1 aromatic rings. The lowest BCUT2D eigenvalue weighted by Crippen LogP contribution is -2.44. The quantitative estimate of drug-likeness (QED) is 0.835. The van der Waals surface area contributed by atoms with Gasteiger partial charge in [0.1, 0.15) is 11.2 Å². The van der Waals surface area contributed by atoms with Crippen molar-refractivity contribution in [1.29, 1.82) is 0 Å². The Balaban J connectivity index is 2.76. The standard InChI is InChI=1S/C16H16ClNO6/c1-8-11(14(19)20)4-9(17)7-16(8,15(21)22)12-5-10(23-2)6-13(18-12)24-3/h4-8H,1-3H3,(H,19,20)(H,21,22). The molecule has 1 aromatic heterocycles. The third kappa shape index (κ3) is 2.82. The van der Waals surface area contributed by atoms with Gasteiger partial charge in [-0.05, 0) is 12.2 Å². The summed E-state index contributed by atoms with van der Waals surface area (Å²) in [6.45, 7) is 1.50. The molecule has 0 spiro atoms. The molecule has 2 rings (SSSR count). The first-order chi connectivity index (χ1) is 11.3. The maximum atomic E-state index is 12.2. The number of aliphatic carboxylic acids is 2. The number of nitrogens with zero attached hydrogens (tertiary/aromatic N) is 1. The third-order valence-corrected chi connectivity index (χ3v) is 4.27. The van der Waals surface area contributed by atoms with E-state index in [1.807, 2.05) is 0 Å². The van der Waals surface area contributed by atoms with Gasteiger partial charge in [0.15, 0.2) is 0 Å². The van der Waals surface area contributed by atoms with E-state index in [0.29, 0.717) is 5.75 Å². The molecule has 7 nitrogen and oxygen atoms in total. The van der Waals surface area contributed by atoms with E-state index in [0.717, 1.165) is 0 Å². The van der Waals surface area contributed by atoms with E-state index in [4.69, 9.17) is 21.1 Å². The number of allylic oxidation sites excluding steroid dienone is 2. The predicted molar refractivity (Wildman–Crippen MR) is 85.5 cm³/mol. The van der Waals surface area contributed by atoms with Crippen LogP contribution in [0.3, 0.4) is 0 Å². The fourth-order valence-corrected chi connectivity index (χ4v) is 3.01. The SMILES string of the molecule is COc1cc(OC)nc(C2(C(=O)O)C=C(Cl)C=C(C(=O)O)C2C)c1. The molecule has 24 heavy (non-hydrogen) atoms. The maximum Gasteiger partial charge on any atom is 0.331 e. The van der Waals surface area contributed by atoms with E-state index < -0.39 is 23.3 Å². The van der Waals surface area contributed by atoms with Gasteiger partial charge in [-0.1, -0.05) is 18.5 Å². The molecule has 0 radical (unpaired) electrons. The van der Waals surface area contributed by atoms with Gasteiger partial charge in [-0.25, -0.2) is 9.78 Å². The Morgan fingerprint density at radius 3 is 2.42 bits per heavy atom. The van der Waals surface area contributed by atoms with Crippen molar-refractivity contribution in [3.63, 3.8) is 0 Å². The second-order valence-electron chi connectivity index (χ2n) is 5.26. The van der Waals surface area contributed by atoms with E-state index in [9.17, 15) is 19.8 Å². The molecule has 2 unspecified atom stereocenters. The average Bonchev–Trinajstić information content (AvgIpc) is 2.55. The first kappa shape index (κ1) is 17.8. The lowest BCUT2D eigenvalue weighted by molar-refractivity contribution is -0.143. The Labute approximate surface area is 143 Å². The molecule has 8 heteroatoms. The van der Waals surface area contributed by atoms with Gasteiger partial charge in [-0.15, -0.1) is 0 Å². The second kappa shape index (κ2) is 6.52. The van der Waals surface area contributed by atoms with Crippen molar-refractivity contribution in [2.24, 2.45) is 5.92 Å². The summed E-state index contributed by atoms with van der Waals surface area (Å²) in [6, 6.07) is 2.92. The Kier molecular flexibility index (Phi) is 4.84. The third-order valence-electron chi connectivity index (χ3n) is 4.05. The predicted octanol–water partition coefficient (Wildman–Crippen LogP) is 2.20. The first-order valence-corrected chi connectivity index (χ1v) is 7.31. The van der Waals surface area contributed by atoms with Gasteiger partial charge in [-0.2, -0.15) is 0 Å². The normalized spacial score (nSPS) is 23.1.